The van der Waals surface area contributed by atoms with Gasteiger partial charge in [-0.1, -0.05) is 18.2 Å². The van der Waals surface area contributed by atoms with Gasteiger partial charge in [0, 0.05) is 13.1 Å². The molecule has 0 unspecified atom stereocenters. The first-order valence-electron chi connectivity index (χ1n) is 8.63. The van der Waals surface area contributed by atoms with Crippen LogP contribution < -0.4 is 14.8 Å². The first-order valence-corrected chi connectivity index (χ1v) is 8.63. The summed E-state index contributed by atoms with van der Waals surface area (Å²) in [7, 11) is 0. The number of hydrogen-bond acceptors (Lipinski definition) is 4. The molecule has 1 aliphatic carbocycles. The lowest BCUT2D eigenvalue weighted by Crippen LogP contribution is -2.06. The lowest BCUT2D eigenvalue weighted by Gasteiger charge is -2.12. The summed E-state index contributed by atoms with van der Waals surface area (Å²) in [4.78, 5) is 15.1. The van der Waals surface area contributed by atoms with Crippen LogP contribution in [0.15, 0.2) is 36.5 Å². The normalized spacial score (nSPS) is 13.8. The van der Waals surface area contributed by atoms with Crippen LogP contribution >= 0.6 is 0 Å². The first kappa shape index (κ1) is 18.8. The molecule has 2 aromatic rings. The van der Waals surface area contributed by atoms with Crippen LogP contribution in [0.4, 0.5) is 14.6 Å². The van der Waals surface area contributed by atoms with Crippen LogP contribution in [0.3, 0.4) is 0 Å². The first-order chi connectivity index (χ1) is 13.0. The van der Waals surface area contributed by atoms with Gasteiger partial charge in [0.1, 0.15) is 5.82 Å². The number of carbonyl (C=O) groups is 1. The zero-order valence-corrected chi connectivity index (χ0v) is 14.8. The second-order valence-electron chi connectivity index (χ2n) is 6.33. The highest BCUT2D eigenvalue weighted by molar-refractivity contribution is 5.87. The number of rotatable bonds is 8. The summed E-state index contributed by atoms with van der Waals surface area (Å²) in [6.07, 6.45) is 7.49. The molecule has 0 atom stereocenters. The average Bonchev–Trinajstić information content (AvgIpc) is 3.44. The minimum Gasteiger partial charge on any atom is -0.489 e. The third kappa shape index (κ3) is 6.06. The van der Waals surface area contributed by atoms with Gasteiger partial charge in [-0.3, -0.25) is 4.79 Å². The maximum Gasteiger partial charge on any atom is 0.387 e. The number of nitrogens with one attached hydrogen (secondary N) is 1. The van der Waals surface area contributed by atoms with E-state index in [4.69, 9.17) is 4.74 Å². The molecular formula is C20H20F2N2O3. The van der Waals surface area contributed by atoms with Crippen molar-refractivity contribution in [2.75, 3.05) is 11.9 Å². The predicted octanol–water partition coefficient (Wildman–Crippen LogP) is 4.60. The molecule has 1 N–H and O–H groups in total. The monoisotopic (exact) mass is 374 g/mol. The number of pyridine rings is 1. The van der Waals surface area contributed by atoms with Crippen molar-refractivity contribution >= 4 is 23.9 Å². The Kier molecular flexibility index (Phi) is 6.01. The Hall–Kier alpha value is -2.96. The van der Waals surface area contributed by atoms with Gasteiger partial charge in [0.05, 0.1) is 6.61 Å². The lowest BCUT2D eigenvalue weighted by atomic mass is 10.1. The number of nitrogens with zero attached hydrogens (tertiary/aromatic N) is 1. The fourth-order valence-electron chi connectivity index (χ4n) is 2.38. The number of carbonyl (C=O) groups excluding carboxylic acids is 1. The molecule has 27 heavy (non-hydrogen) atoms. The third-order valence-electron chi connectivity index (χ3n) is 3.91. The van der Waals surface area contributed by atoms with E-state index in [0.29, 0.717) is 24.1 Å². The van der Waals surface area contributed by atoms with E-state index in [1.54, 1.807) is 24.4 Å². The highest BCUT2D eigenvalue weighted by atomic mass is 19.3. The van der Waals surface area contributed by atoms with Crippen LogP contribution in [0.25, 0.3) is 12.2 Å². The van der Waals surface area contributed by atoms with Crippen LogP contribution in [0.5, 0.6) is 11.5 Å². The molecule has 142 valence electrons. The summed E-state index contributed by atoms with van der Waals surface area (Å²) in [5.74, 6) is 1.13. The quantitative estimate of drug-likeness (QED) is 0.734. The van der Waals surface area contributed by atoms with Crippen LogP contribution in [-0.4, -0.2) is 24.1 Å². The second-order valence-corrected chi connectivity index (χ2v) is 6.33. The number of alkyl halides is 2. The summed E-state index contributed by atoms with van der Waals surface area (Å²) in [5.41, 5.74) is 1.62. The SMILES string of the molecule is CC(=O)Nc1ccc(C=Cc2ccc(OC(F)F)c(OCC3CC3)c2)cn1. The fraction of sp³-hybridized carbons (Fsp3) is 0.300. The predicted molar refractivity (Wildman–Crippen MR) is 98.8 cm³/mol. The average molecular weight is 374 g/mol. The topological polar surface area (TPSA) is 60.5 Å². The Balaban J connectivity index is 1.71. The number of amides is 1. The molecule has 1 aliphatic rings. The molecule has 1 amide bonds. The van der Waals surface area contributed by atoms with Crippen LogP contribution in [0.1, 0.15) is 30.9 Å². The molecule has 7 heteroatoms. The largest absolute Gasteiger partial charge is 0.489 e. The molecule has 0 bridgehead atoms. The Morgan fingerprint density at radius 1 is 1.22 bits per heavy atom. The van der Waals surface area contributed by atoms with Crippen molar-refractivity contribution in [2.45, 2.75) is 26.4 Å². The Morgan fingerprint density at radius 3 is 2.59 bits per heavy atom. The molecule has 0 aliphatic heterocycles. The summed E-state index contributed by atoms with van der Waals surface area (Å²) in [6.45, 7) is -0.982. The summed E-state index contributed by atoms with van der Waals surface area (Å²) in [6, 6.07) is 8.34. The van der Waals surface area contributed by atoms with Crippen LogP contribution in [-0.2, 0) is 4.79 Å². The molecule has 1 fully saturated rings. The van der Waals surface area contributed by atoms with Crippen molar-refractivity contribution in [2.24, 2.45) is 5.92 Å². The van der Waals surface area contributed by atoms with Gasteiger partial charge in [-0.05, 0) is 54.2 Å². The zero-order chi connectivity index (χ0) is 19.2. The van der Waals surface area contributed by atoms with Crippen molar-refractivity contribution < 1.29 is 23.0 Å². The number of anilines is 1. The van der Waals surface area contributed by atoms with Gasteiger partial charge in [-0.2, -0.15) is 8.78 Å². The minimum atomic E-state index is -2.90. The Morgan fingerprint density at radius 2 is 1.96 bits per heavy atom. The summed E-state index contributed by atoms with van der Waals surface area (Å²) in [5, 5.41) is 2.60. The highest BCUT2D eigenvalue weighted by Gasteiger charge is 2.23. The molecule has 0 saturated heterocycles. The highest BCUT2D eigenvalue weighted by Crippen LogP contribution is 2.34. The molecule has 3 rings (SSSR count). The van der Waals surface area contributed by atoms with Gasteiger partial charge in [0.2, 0.25) is 5.91 Å². The van der Waals surface area contributed by atoms with E-state index in [9.17, 15) is 13.6 Å². The Labute approximate surface area is 156 Å². The van der Waals surface area contributed by atoms with Crippen LogP contribution in [0, 0.1) is 5.92 Å². The Bertz CT molecular complexity index is 818. The van der Waals surface area contributed by atoms with Gasteiger partial charge >= 0.3 is 6.61 Å². The van der Waals surface area contributed by atoms with Gasteiger partial charge in [-0.25, -0.2) is 4.98 Å². The fourth-order valence-corrected chi connectivity index (χ4v) is 2.38. The lowest BCUT2D eigenvalue weighted by molar-refractivity contribution is -0.114. The maximum absolute atomic E-state index is 12.6. The van der Waals surface area contributed by atoms with Gasteiger partial charge < -0.3 is 14.8 Å². The van der Waals surface area contributed by atoms with Gasteiger partial charge in [0.25, 0.3) is 0 Å². The number of ether oxygens (including phenoxy) is 2. The maximum atomic E-state index is 12.6. The van der Waals surface area contributed by atoms with E-state index in [0.717, 1.165) is 24.0 Å². The van der Waals surface area contributed by atoms with Crippen molar-refractivity contribution in [1.29, 1.82) is 0 Å². The number of aromatic nitrogens is 1. The summed E-state index contributed by atoms with van der Waals surface area (Å²) >= 11 is 0. The van der Waals surface area contributed by atoms with E-state index in [1.165, 1.54) is 13.0 Å². The van der Waals surface area contributed by atoms with E-state index < -0.39 is 6.61 Å². The zero-order valence-electron chi connectivity index (χ0n) is 14.8. The molecule has 1 heterocycles. The number of benzene rings is 1. The van der Waals surface area contributed by atoms with Crippen LogP contribution in [0.2, 0.25) is 0 Å². The molecule has 1 saturated carbocycles. The molecule has 0 radical (unpaired) electrons. The third-order valence-corrected chi connectivity index (χ3v) is 3.91. The van der Waals surface area contributed by atoms with Gasteiger partial charge in [-0.15, -0.1) is 0 Å². The van der Waals surface area contributed by atoms with E-state index in [2.05, 4.69) is 15.0 Å². The molecule has 1 aromatic heterocycles. The standard InChI is InChI=1S/C20H20F2N2O3/c1-13(25)24-19-9-7-15(11-23-19)3-2-14-6-8-17(27-20(21)22)18(10-14)26-12-16-4-5-16/h2-3,6-11,16,20H,4-5,12H2,1H3,(H,23,24,25). The smallest absolute Gasteiger partial charge is 0.387 e. The van der Waals surface area contributed by atoms with E-state index in [1.807, 2.05) is 18.2 Å². The van der Waals surface area contributed by atoms with Gasteiger partial charge in [0.15, 0.2) is 11.5 Å². The molecule has 1 aromatic carbocycles. The van der Waals surface area contributed by atoms with E-state index >= 15 is 0 Å². The minimum absolute atomic E-state index is 0.0316. The number of hydrogen-bond donors (Lipinski definition) is 1. The van der Waals surface area contributed by atoms with E-state index in [-0.39, 0.29) is 11.7 Å². The van der Waals surface area contributed by atoms with Crippen molar-refractivity contribution in [3.8, 4) is 11.5 Å². The number of halogens is 2. The van der Waals surface area contributed by atoms with Crippen molar-refractivity contribution in [3.05, 3.63) is 47.7 Å². The molecular weight excluding hydrogens is 354 g/mol. The summed E-state index contributed by atoms with van der Waals surface area (Å²) < 4.78 is 35.3. The van der Waals surface area contributed by atoms with Crippen molar-refractivity contribution in [3.63, 3.8) is 0 Å². The second kappa shape index (κ2) is 8.62. The van der Waals surface area contributed by atoms with Crippen molar-refractivity contribution in [1.82, 2.24) is 4.98 Å². The molecule has 5 nitrogen and oxygen atoms in total. The molecule has 0 spiro atoms.